The van der Waals surface area contributed by atoms with Gasteiger partial charge in [-0.1, -0.05) is 0 Å². The van der Waals surface area contributed by atoms with E-state index in [1.165, 1.54) is 7.11 Å². The zero-order valence-corrected chi connectivity index (χ0v) is 20.4. The van der Waals surface area contributed by atoms with E-state index in [2.05, 4.69) is 5.10 Å². The van der Waals surface area contributed by atoms with Crippen molar-refractivity contribution in [2.45, 2.75) is 13.8 Å². The molecule has 0 atom stereocenters. The maximum absolute atomic E-state index is 12.3. The van der Waals surface area contributed by atoms with E-state index in [0.29, 0.717) is 55.2 Å². The van der Waals surface area contributed by atoms with Crippen molar-refractivity contribution in [3.8, 4) is 5.75 Å². The molecule has 0 saturated heterocycles. The second kappa shape index (κ2) is 8.68. The molecular formula is C21H19N2O4Tl. The Bertz CT molecular complexity index is 1090. The summed E-state index contributed by atoms with van der Waals surface area (Å²) in [6.45, 7) is 3.60. The number of benzene rings is 2. The zero-order chi connectivity index (χ0) is 20.3. The van der Waals surface area contributed by atoms with Crippen molar-refractivity contribution >= 4 is 60.9 Å². The molecule has 1 aromatic heterocycles. The third-order valence-corrected chi connectivity index (χ3v) is 5.81. The Kier molecular flexibility index (Phi) is 6.28. The molecule has 0 N–H and O–H groups in total. The first kappa shape index (κ1) is 20.3. The molecule has 0 saturated carbocycles. The molecule has 140 valence electrons. The Morgan fingerprint density at radius 3 is 2.68 bits per heavy atom. The Labute approximate surface area is 179 Å². The third kappa shape index (κ3) is 4.01. The van der Waals surface area contributed by atoms with Crippen molar-refractivity contribution in [1.82, 2.24) is 7.59 Å². The van der Waals surface area contributed by atoms with Gasteiger partial charge in [-0.2, -0.15) is 0 Å². The van der Waals surface area contributed by atoms with E-state index >= 15 is 0 Å². The van der Waals surface area contributed by atoms with Crippen molar-refractivity contribution in [3.05, 3.63) is 58.8 Å². The van der Waals surface area contributed by atoms with Crippen molar-refractivity contribution < 1.29 is 19.1 Å². The van der Waals surface area contributed by atoms with Gasteiger partial charge in [-0.3, -0.25) is 0 Å². The second-order valence-corrected chi connectivity index (χ2v) is 8.01. The van der Waals surface area contributed by atoms with E-state index in [9.17, 15) is 9.59 Å². The fourth-order valence-electron chi connectivity index (χ4n) is 2.97. The average molecular weight is 568 g/mol. The number of carbonyl (C=O) groups is 2. The zero-order valence-electron chi connectivity index (χ0n) is 15.9. The quantitative estimate of drug-likeness (QED) is 0.259. The van der Waals surface area contributed by atoms with Crippen molar-refractivity contribution in [3.63, 3.8) is 0 Å². The van der Waals surface area contributed by atoms with Gasteiger partial charge in [0.15, 0.2) is 0 Å². The molecule has 0 unspecified atom stereocenters. The first-order chi connectivity index (χ1) is 13.5. The summed E-state index contributed by atoms with van der Waals surface area (Å²) < 4.78 is 12.6. The molecule has 1 heterocycles. The fraction of sp³-hybridized carbons (Fsp3) is 0.190. The minimum absolute atomic E-state index is 0.0199. The summed E-state index contributed by atoms with van der Waals surface area (Å²) in [6, 6.07) is 11.0. The third-order valence-electron chi connectivity index (χ3n) is 4.28. The molecule has 0 radical (unpaired) electrons. The SMILES string of the molecule is CCOC(=O)c1ccc2c(c(/C=C/c3cccc(C(C)=O)c3)n[n]2[Tl])c1OC. The van der Waals surface area contributed by atoms with E-state index in [0.717, 1.165) is 16.5 Å². The first-order valence-electron chi connectivity index (χ1n) is 8.77. The van der Waals surface area contributed by atoms with E-state index in [4.69, 9.17) is 9.47 Å². The minimum atomic E-state index is -0.422. The van der Waals surface area contributed by atoms with Crippen molar-refractivity contribution in [1.29, 1.82) is 0 Å². The number of Topliss-reactive ketones (excluding diaryl/α,β-unsaturated/α-hetero) is 1. The summed E-state index contributed by atoms with van der Waals surface area (Å²) in [5.41, 5.74) is 3.54. The molecule has 0 aliphatic rings. The molecule has 0 aliphatic heterocycles. The molecule has 0 bridgehead atoms. The van der Waals surface area contributed by atoms with Gasteiger partial charge >= 0.3 is 180 Å². The molecule has 0 aliphatic carbocycles. The summed E-state index contributed by atoms with van der Waals surface area (Å²) in [7, 11) is 1.54. The van der Waals surface area contributed by atoms with Gasteiger partial charge < -0.3 is 0 Å². The van der Waals surface area contributed by atoms with Gasteiger partial charge in [0, 0.05) is 0 Å². The number of nitrogens with zero attached hydrogens (tertiary/aromatic N) is 2. The van der Waals surface area contributed by atoms with Gasteiger partial charge in [-0.15, -0.1) is 0 Å². The normalized spacial score (nSPS) is 11.1. The Balaban J connectivity index is 2.11. The number of methoxy groups -OCH3 is 1. The van der Waals surface area contributed by atoms with Crippen LogP contribution in [-0.2, 0) is 4.74 Å². The number of ether oxygens (including phenoxy) is 2. The van der Waals surface area contributed by atoms with Gasteiger partial charge in [0.2, 0.25) is 0 Å². The van der Waals surface area contributed by atoms with E-state index in [1.807, 2.05) is 38.9 Å². The van der Waals surface area contributed by atoms with Crippen LogP contribution in [0.5, 0.6) is 5.75 Å². The molecule has 6 nitrogen and oxygen atoms in total. The van der Waals surface area contributed by atoms with Gasteiger partial charge in [0.1, 0.15) is 0 Å². The van der Waals surface area contributed by atoms with E-state index < -0.39 is 5.97 Å². The predicted octanol–water partition coefficient (Wildman–Crippen LogP) is 3.53. The van der Waals surface area contributed by atoms with Crippen molar-refractivity contribution in [2.24, 2.45) is 0 Å². The first-order valence-corrected chi connectivity index (χ1v) is 10.8. The van der Waals surface area contributed by atoms with Gasteiger partial charge in [0.05, 0.1) is 0 Å². The number of rotatable bonds is 6. The summed E-state index contributed by atoms with van der Waals surface area (Å²) in [6.07, 6.45) is 3.77. The monoisotopic (exact) mass is 568 g/mol. The summed E-state index contributed by atoms with van der Waals surface area (Å²) in [5, 5.41) is 5.39. The van der Waals surface area contributed by atoms with Crippen LogP contribution in [0.4, 0.5) is 0 Å². The standard InChI is InChI=1S/C21H20N2O4.Tl/c1-4-27-21(25)16-9-11-18-19(20(16)26-3)17(22-23-18)10-8-14-6-5-7-15(12-14)13(2)24;/h5-12H,4H2,1-3H3,(H,22,23,25);/q;+1/p-1/b10-8+;. The number of fused-ring (bicyclic) bond motifs is 1. The average Bonchev–Trinajstić information content (AvgIpc) is 3.02. The van der Waals surface area contributed by atoms with Crippen LogP contribution in [0.1, 0.15) is 45.8 Å². The summed E-state index contributed by atoms with van der Waals surface area (Å²) in [5.74, 6) is 0.0559. The molecule has 0 amide bonds. The summed E-state index contributed by atoms with van der Waals surface area (Å²) in [4.78, 5) is 23.9. The van der Waals surface area contributed by atoms with Crippen LogP contribution in [0.2, 0.25) is 0 Å². The van der Waals surface area contributed by atoms with E-state index in [1.54, 1.807) is 26.0 Å². The molecule has 7 heteroatoms. The Hall–Kier alpha value is -2.49. The molecule has 2 aromatic carbocycles. The number of ketones is 1. The molecule has 3 rings (SSSR count). The number of aromatic nitrogens is 2. The van der Waals surface area contributed by atoms with Crippen LogP contribution in [0, 0.1) is 0 Å². The number of carbonyl (C=O) groups excluding carboxylic acids is 2. The van der Waals surface area contributed by atoms with Crippen molar-refractivity contribution in [2.75, 3.05) is 13.7 Å². The number of hydrogen-bond donors (Lipinski definition) is 0. The van der Waals surface area contributed by atoms with Crippen LogP contribution in [0.25, 0.3) is 23.1 Å². The molecule has 28 heavy (non-hydrogen) atoms. The summed E-state index contributed by atoms with van der Waals surface area (Å²) >= 11 is 0.453. The van der Waals surface area contributed by atoms with Crippen LogP contribution in [0.3, 0.4) is 0 Å². The predicted molar refractivity (Wildman–Crippen MR) is 109 cm³/mol. The van der Waals surface area contributed by atoms with Crippen LogP contribution < -0.4 is 4.74 Å². The molecular weight excluding hydrogens is 549 g/mol. The second-order valence-electron chi connectivity index (χ2n) is 6.11. The van der Waals surface area contributed by atoms with Gasteiger partial charge in [-0.25, -0.2) is 0 Å². The van der Waals surface area contributed by atoms with Crippen LogP contribution >= 0.6 is 0 Å². The van der Waals surface area contributed by atoms with E-state index in [-0.39, 0.29) is 5.78 Å². The van der Waals surface area contributed by atoms with Crippen LogP contribution in [0.15, 0.2) is 36.4 Å². The molecule has 0 spiro atoms. The Morgan fingerprint density at radius 1 is 1.21 bits per heavy atom. The number of esters is 1. The molecule has 3 aromatic rings. The Morgan fingerprint density at radius 2 is 2.00 bits per heavy atom. The molecule has 0 fully saturated rings. The fourth-order valence-corrected chi connectivity index (χ4v) is 4.29. The van der Waals surface area contributed by atoms with Crippen LogP contribution in [-0.4, -0.2) is 59.1 Å². The topological polar surface area (TPSA) is 70.4 Å². The maximum atomic E-state index is 12.3. The number of hydrogen-bond acceptors (Lipinski definition) is 5. The van der Waals surface area contributed by atoms with Gasteiger partial charge in [0.25, 0.3) is 0 Å². The van der Waals surface area contributed by atoms with Gasteiger partial charge in [-0.05, 0) is 0 Å².